The van der Waals surface area contributed by atoms with Crippen molar-refractivity contribution in [1.29, 1.82) is 0 Å². The second-order valence-electron chi connectivity index (χ2n) is 5.17. The molecule has 0 aliphatic carbocycles. The third kappa shape index (κ3) is 9.50. The molecule has 0 aliphatic rings. The number of hydrogen-bond donors (Lipinski definition) is 0. The Morgan fingerprint density at radius 2 is 1.41 bits per heavy atom. The number of pyridine rings is 2. The Bertz CT molecular complexity index is 943. The molecule has 29 heavy (non-hydrogen) atoms. The third-order valence-corrected chi connectivity index (χ3v) is 4.05. The molecule has 1 aromatic carbocycles. The predicted molar refractivity (Wildman–Crippen MR) is 106 cm³/mol. The summed E-state index contributed by atoms with van der Waals surface area (Å²) in [5, 5.41) is 0. The van der Waals surface area contributed by atoms with Crippen LogP contribution in [0.1, 0.15) is 15.9 Å². The van der Waals surface area contributed by atoms with E-state index < -0.39 is 0 Å². The van der Waals surface area contributed by atoms with Crippen molar-refractivity contribution < 1.29 is 40.2 Å². The number of rotatable bonds is 2. The van der Waals surface area contributed by atoms with Gasteiger partial charge in [-0.05, 0) is 36.8 Å². The van der Waals surface area contributed by atoms with E-state index in [-0.39, 0.29) is 33.2 Å². The molecule has 0 amide bonds. The SMILES string of the molecule is COC(=O)c1ccnc(-c2cc(C)ccn2)c1.O=C=O.[Pt+2].[S-]c1ccccc1[S-]. The van der Waals surface area contributed by atoms with Gasteiger partial charge < -0.3 is 30.0 Å². The summed E-state index contributed by atoms with van der Waals surface area (Å²) in [6.45, 7) is 1.98. The summed E-state index contributed by atoms with van der Waals surface area (Å²) in [6, 6.07) is 14.6. The summed E-state index contributed by atoms with van der Waals surface area (Å²) >= 11 is 9.70. The molecule has 0 aliphatic heterocycles. The first kappa shape index (κ1) is 26.5. The van der Waals surface area contributed by atoms with E-state index in [9.17, 15) is 4.79 Å². The summed E-state index contributed by atoms with van der Waals surface area (Å²) in [5.74, 6) is -0.374. The van der Waals surface area contributed by atoms with Crippen LogP contribution in [0.15, 0.2) is 70.7 Å². The third-order valence-electron chi connectivity index (χ3n) is 3.21. The molecule has 9 heteroatoms. The molecule has 6 nitrogen and oxygen atoms in total. The van der Waals surface area contributed by atoms with Gasteiger partial charge in [-0.15, -0.1) is 0 Å². The van der Waals surface area contributed by atoms with Crippen LogP contribution in [0, 0.1) is 6.92 Å². The van der Waals surface area contributed by atoms with Gasteiger partial charge in [0, 0.05) is 12.4 Å². The fraction of sp³-hybridized carbons (Fsp3) is 0.100. The maximum atomic E-state index is 11.4. The molecule has 0 bridgehead atoms. The van der Waals surface area contributed by atoms with Gasteiger partial charge in [0.25, 0.3) is 0 Å². The minimum Gasteiger partial charge on any atom is -0.781 e. The number of ether oxygens (including phenoxy) is 1. The Hall–Kier alpha value is -2.50. The van der Waals surface area contributed by atoms with Crippen molar-refractivity contribution in [3.8, 4) is 11.4 Å². The number of benzene rings is 1. The number of esters is 1. The average Bonchev–Trinajstić information content (AvgIpc) is 2.71. The summed E-state index contributed by atoms with van der Waals surface area (Å²) in [4.78, 5) is 37.6. The smallest absolute Gasteiger partial charge is 0.781 e. The zero-order valence-electron chi connectivity index (χ0n) is 15.4. The van der Waals surface area contributed by atoms with E-state index in [4.69, 9.17) is 34.8 Å². The molecule has 3 rings (SSSR count). The summed E-state index contributed by atoms with van der Waals surface area (Å²) in [7, 11) is 1.35. The molecule has 2 heterocycles. The Morgan fingerprint density at radius 1 is 0.931 bits per heavy atom. The fourth-order valence-electron chi connectivity index (χ4n) is 1.94. The second-order valence-corrected chi connectivity index (χ2v) is 6.05. The van der Waals surface area contributed by atoms with Gasteiger partial charge in [0.05, 0.1) is 24.1 Å². The molecule has 0 N–H and O–H groups in total. The first-order valence-electron chi connectivity index (χ1n) is 7.82. The summed E-state index contributed by atoms with van der Waals surface area (Å²) in [6.07, 6.45) is 3.54. The van der Waals surface area contributed by atoms with Crippen molar-refractivity contribution in [2.75, 3.05) is 7.11 Å². The van der Waals surface area contributed by atoms with E-state index in [1.165, 1.54) is 7.11 Å². The molecule has 0 fully saturated rings. The standard InChI is InChI=1S/C13H12N2O2.C6H6S2.CO2.Pt/c1-9-3-5-14-11(7-9)12-8-10(4-6-15-12)13(16)17-2;7-5-3-1-2-4-6(5)8;2-1-3;/h3-8H,1-2H3;1-4,7-8H;;/q;;;+2/p-2. The number of aromatic nitrogens is 2. The molecule has 0 saturated carbocycles. The van der Waals surface area contributed by atoms with Crippen LogP contribution in [0.5, 0.6) is 0 Å². The van der Waals surface area contributed by atoms with Crippen molar-refractivity contribution in [2.24, 2.45) is 0 Å². The van der Waals surface area contributed by atoms with Gasteiger partial charge in [0.1, 0.15) is 0 Å². The molecule has 0 atom stereocenters. The Morgan fingerprint density at radius 3 is 1.86 bits per heavy atom. The summed E-state index contributed by atoms with van der Waals surface area (Å²) < 4.78 is 4.66. The minimum absolute atomic E-state index is 0. The van der Waals surface area contributed by atoms with E-state index in [0.29, 0.717) is 11.3 Å². The van der Waals surface area contributed by atoms with Crippen molar-refractivity contribution in [3.05, 3.63) is 72.1 Å². The van der Waals surface area contributed by atoms with Crippen LogP contribution in [0.25, 0.3) is 11.4 Å². The van der Waals surface area contributed by atoms with Gasteiger partial charge in [-0.25, -0.2) is 4.79 Å². The number of nitrogens with zero attached hydrogens (tertiary/aromatic N) is 2. The number of aryl methyl sites for hydroxylation is 1. The quantitative estimate of drug-likeness (QED) is 0.325. The fourth-order valence-corrected chi connectivity index (χ4v) is 2.24. The van der Waals surface area contributed by atoms with Crippen LogP contribution in [0.3, 0.4) is 0 Å². The summed E-state index contributed by atoms with van der Waals surface area (Å²) in [5.41, 5.74) is 2.98. The molecular formula is C20H16N2O4PtS2. The van der Waals surface area contributed by atoms with Crippen molar-refractivity contribution in [3.63, 3.8) is 0 Å². The van der Waals surface area contributed by atoms with Gasteiger partial charge in [-0.1, -0.05) is 24.3 Å². The average molecular weight is 608 g/mol. The zero-order valence-corrected chi connectivity index (χ0v) is 19.3. The van der Waals surface area contributed by atoms with Crippen LogP contribution in [0.2, 0.25) is 0 Å². The number of carbonyl (C=O) groups is 1. The van der Waals surface area contributed by atoms with Crippen LogP contribution in [-0.4, -0.2) is 29.2 Å². The van der Waals surface area contributed by atoms with Gasteiger partial charge in [0.15, 0.2) is 0 Å². The minimum atomic E-state index is -0.374. The molecule has 0 saturated heterocycles. The molecule has 0 unspecified atom stereocenters. The Labute approximate surface area is 194 Å². The molecular weight excluding hydrogens is 591 g/mol. The van der Waals surface area contributed by atoms with E-state index in [0.717, 1.165) is 21.0 Å². The zero-order chi connectivity index (χ0) is 20.9. The normalized spacial score (nSPS) is 8.62. The monoisotopic (exact) mass is 607 g/mol. The van der Waals surface area contributed by atoms with Crippen LogP contribution in [0.4, 0.5) is 0 Å². The number of carbonyl (C=O) groups excluding carboxylic acids is 3. The molecule has 152 valence electrons. The van der Waals surface area contributed by atoms with Crippen LogP contribution >= 0.6 is 0 Å². The first-order chi connectivity index (χ1) is 13.4. The van der Waals surface area contributed by atoms with Crippen LogP contribution < -0.4 is 0 Å². The van der Waals surface area contributed by atoms with Gasteiger partial charge in [-0.3, -0.25) is 9.97 Å². The van der Waals surface area contributed by atoms with Gasteiger partial charge in [-0.2, -0.15) is 19.4 Å². The Balaban J connectivity index is 0.000000548. The van der Waals surface area contributed by atoms with Gasteiger partial charge >= 0.3 is 33.2 Å². The molecule has 0 radical (unpaired) electrons. The van der Waals surface area contributed by atoms with E-state index in [2.05, 4.69) is 14.7 Å². The van der Waals surface area contributed by atoms with Crippen molar-refractivity contribution in [1.82, 2.24) is 9.97 Å². The molecule has 0 spiro atoms. The Kier molecular flexibility index (Phi) is 13.2. The van der Waals surface area contributed by atoms with Crippen molar-refractivity contribution in [2.45, 2.75) is 16.7 Å². The predicted octanol–water partition coefficient (Wildman–Crippen LogP) is 3.15. The van der Waals surface area contributed by atoms with Gasteiger partial charge in [0.2, 0.25) is 0 Å². The van der Waals surface area contributed by atoms with E-state index >= 15 is 0 Å². The van der Waals surface area contributed by atoms with Crippen molar-refractivity contribution >= 4 is 37.4 Å². The largest absolute Gasteiger partial charge is 2.00 e. The topological polar surface area (TPSA) is 86.2 Å². The number of methoxy groups -OCH3 is 1. The van der Waals surface area contributed by atoms with E-state index in [1.54, 1.807) is 24.5 Å². The van der Waals surface area contributed by atoms with E-state index in [1.807, 2.05) is 43.3 Å². The molecule has 2 aromatic heterocycles. The second kappa shape index (κ2) is 14.5. The van der Waals surface area contributed by atoms with Crippen LogP contribution in [-0.2, 0) is 60.6 Å². The number of hydrogen-bond acceptors (Lipinski definition) is 8. The maximum Gasteiger partial charge on any atom is 2.00 e. The molecule has 3 aromatic rings. The maximum absolute atomic E-state index is 11.4. The first-order valence-corrected chi connectivity index (χ1v) is 8.64.